The smallest absolute Gasteiger partial charge is 0.183 e. The summed E-state index contributed by atoms with van der Waals surface area (Å²) in [5.41, 5.74) is 2.21. The van der Waals surface area contributed by atoms with Gasteiger partial charge in [-0.3, -0.25) is 0 Å². The van der Waals surface area contributed by atoms with Crippen LogP contribution in [0.25, 0.3) is 10.2 Å². The van der Waals surface area contributed by atoms with Crippen LogP contribution in [0.4, 0.5) is 5.13 Å². The average Bonchev–Trinajstić information content (AvgIpc) is 3.07. The molecule has 0 fully saturated rings. The van der Waals surface area contributed by atoms with E-state index in [-0.39, 0.29) is 6.10 Å². The lowest BCUT2D eigenvalue weighted by Crippen LogP contribution is -2.23. The number of nitrogens with zero attached hydrogens (tertiary/aromatic N) is 1. The van der Waals surface area contributed by atoms with Crippen LogP contribution in [0.15, 0.2) is 42.5 Å². The van der Waals surface area contributed by atoms with Crippen molar-refractivity contribution in [3.8, 4) is 5.75 Å². The van der Waals surface area contributed by atoms with Crippen LogP contribution in [0.1, 0.15) is 5.56 Å². The Hall–Kier alpha value is -1.78. The van der Waals surface area contributed by atoms with Crippen LogP contribution in [0.2, 0.25) is 5.02 Å². The average molecular weight is 317 g/mol. The SMILES string of the molecule is Clc1ccc2sc(NCC3Cc4ccccc4O3)nc2c1. The number of halogens is 1. The molecule has 0 amide bonds. The molecule has 0 saturated carbocycles. The number of thiazole rings is 1. The maximum atomic E-state index is 5.98. The fraction of sp³-hybridized carbons (Fsp3) is 0.188. The third-order valence-corrected chi connectivity index (χ3v) is 4.77. The number of ether oxygens (including phenoxy) is 1. The molecule has 0 saturated heterocycles. The Balaban J connectivity index is 1.45. The summed E-state index contributed by atoms with van der Waals surface area (Å²) < 4.78 is 7.05. The van der Waals surface area contributed by atoms with Gasteiger partial charge in [-0.05, 0) is 29.8 Å². The number of hydrogen-bond acceptors (Lipinski definition) is 4. The third-order valence-electron chi connectivity index (χ3n) is 3.54. The number of para-hydroxylation sites is 1. The molecule has 1 aliphatic rings. The molecule has 1 unspecified atom stereocenters. The minimum atomic E-state index is 0.165. The lowest BCUT2D eigenvalue weighted by Gasteiger charge is -2.10. The zero-order valence-corrected chi connectivity index (χ0v) is 12.7. The molecular weight excluding hydrogens is 304 g/mol. The van der Waals surface area contributed by atoms with Gasteiger partial charge in [-0.25, -0.2) is 4.98 Å². The van der Waals surface area contributed by atoms with Gasteiger partial charge in [-0.2, -0.15) is 0 Å². The van der Waals surface area contributed by atoms with Crippen molar-refractivity contribution in [1.29, 1.82) is 0 Å². The van der Waals surface area contributed by atoms with Crippen molar-refractivity contribution < 1.29 is 4.74 Å². The van der Waals surface area contributed by atoms with Crippen LogP contribution in [0, 0.1) is 0 Å². The first-order valence-electron chi connectivity index (χ1n) is 6.82. The molecule has 0 spiro atoms. The molecule has 2 aromatic carbocycles. The highest BCUT2D eigenvalue weighted by Crippen LogP contribution is 2.30. The van der Waals surface area contributed by atoms with E-state index < -0.39 is 0 Å². The summed E-state index contributed by atoms with van der Waals surface area (Å²) in [5.74, 6) is 1.00. The van der Waals surface area contributed by atoms with Gasteiger partial charge in [-0.15, -0.1) is 0 Å². The summed E-state index contributed by atoms with van der Waals surface area (Å²) in [5, 5.41) is 5.00. The number of nitrogens with one attached hydrogen (secondary N) is 1. The van der Waals surface area contributed by atoms with Gasteiger partial charge in [-0.1, -0.05) is 41.1 Å². The topological polar surface area (TPSA) is 34.1 Å². The van der Waals surface area contributed by atoms with Crippen molar-refractivity contribution in [2.75, 3.05) is 11.9 Å². The Morgan fingerprint density at radius 3 is 3.10 bits per heavy atom. The molecule has 0 bridgehead atoms. The zero-order valence-electron chi connectivity index (χ0n) is 11.2. The molecule has 5 heteroatoms. The number of fused-ring (bicyclic) bond motifs is 2. The minimum absolute atomic E-state index is 0.165. The maximum absolute atomic E-state index is 5.98. The number of benzene rings is 2. The van der Waals surface area contributed by atoms with Crippen molar-refractivity contribution in [2.24, 2.45) is 0 Å². The molecule has 106 valence electrons. The Labute approximate surface area is 131 Å². The highest BCUT2D eigenvalue weighted by molar-refractivity contribution is 7.22. The number of rotatable bonds is 3. The van der Waals surface area contributed by atoms with Gasteiger partial charge in [0.1, 0.15) is 11.9 Å². The van der Waals surface area contributed by atoms with E-state index in [4.69, 9.17) is 16.3 Å². The monoisotopic (exact) mass is 316 g/mol. The Morgan fingerprint density at radius 1 is 1.29 bits per heavy atom. The Morgan fingerprint density at radius 2 is 2.19 bits per heavy atom. The molecule has 0 radical (unpaired) electrons. The van der Waals surface area contributed by atoms with Gasteiger partial charge in [0.05, 0.1) is 16.8 Å². The van der Waals surface area contributed by atoms with Crippen LogP contribution in [-0.4, -0.2) is 17.6 Å². The summed E-state index contributed by atoms with van der Waals surface area (Å²) >= 11 is 7.62. The summed E-state index contributed by atoms with van der Waals surface area (Å²) in [7, 11) is 0. The second-order valence-electron chi connectivity index (χ2n) is 5.06. The second-order valence-corrected chi connectivity index (χ2v) is 6.53. The van der Waals surface area contributed by atoms with Crippen LogP contribution in [0.5, 0.6) is 5.75 Å². The number of hydrogen-bond donors (Lipinski definition) is 1. The van der Waals surface area contributed by atoms with Gasteiger partial charge in [0.15, 0.2) is 5.13 Å². The number of anilines is 1. The van der Waals surface area contributed by atoms with Crippen LogP contribution in [-0.2, 0) is 6.42 Å². The molecule has 3 nitrogen and oxygen atoms in total. The van der Waals surface area contributed by atoms with Gasteiger partial charge in [0.2, 0.25) is 0 Å². The quantitative estimate of drug-likeness (QED) is 0.779. The van der Waals surface area contributed by atoms with Gasteiger partial charge < -0.3 is 10.1 Å². The molecule has 4 rings (SSSR count). The fourth-order valence-corrected chi connectivity index (χ4v) is 3.56. The first-order chi connectivity index (χ1) is 10.3. The van der Waals surface area contributed by atoms with E-state index in [0.29, 0.717) is 5.02 Å². The molecule has 1 aromatic heterocycles. The van der Waals surface area contributed by atoms with E-state index in [1.807, 2.05) is 30.3 Å². The second kappa shape index (κ2) is 5.20. The zero-order chi connectivity index (χ0) is 14.2. The van der Waals surface area contributed by atoms with E-state index >= 15 is 0 Å². The van der Waals surface area contributed by atoms with Gasteiger partial charge in [0.25, 0.3) is 0 Å². The van der Waals surface area contributed by atoms with Crippen molar-refractivity contribution in [1.82, 2.24) is 4.98 Å². The molecule has 1 N–H and O–H groups in total. The predicted octanol–water partition coefficient (Wildman–Crippen LogP) is 4.37. The van der Waals surface area contributed by atoms with Crippen molar-refractivity contribution in [2.45, 2.75) is 12.5 Å². The van der Waals surface area contributed by atoms with E-state index in [1.54, 1.807) is 11.3 Å². The van der Waals surface area contributed by atoms with E-state index in [0.717, 1.165) is 34.1 Å². The third kappa shape index (κ3) is 2.57. The van der Waals surface area contributed by atoms with E-state index in [1.165, 1.54) is 5.56 Å². The van der Waals surface area contributed by atoms with Crippen molar-refractivity contribution in [3.63, 3.8) is 0 Å². The molecule has 0 aliphatic carbocycles. The summed E-state index contributed by atoms with van der Waals surface area (Å²) in [4.78, 5) is 4.55. The summed E-state index contributed by atoms with van der Waals surface area (Å²) in [6.45, 7) is 0.752. The van der Waals surface area contributed by atoms with Crippen LogP contribution < -0.4 is 10.1 Å². The maximum Gasteiger partial charge on any atom is 0.183 e. The van der Waals surface area contributed by atoms with E-state index in [2.05, 4.69) is 22.4 Å². The highest BCUT2D eigenvalue weighted by Gasteiger charge is 2.22. The van der Waals surface area contributed by atoms with Crippen molar-refractivity contribution >= 4 is 38.3 Å². The molecule has 3 aromatic rings. The Bertz CT molecular complexity index is 777. The lowest BCUT2D eigenvalue weighted by atomic mass is 10.1. The summed E-state index contributed by atoms with van der Waals surface area (Å²) in [6, 6.07) is 14.0. The van der Waals surface area contributed by atoms with E-state index in [9.17, 15) is 0 Å². The van der Waals surface area contributed by atoms with Gasteiger partial charge >= 0.3 is 0 Å². The fourth-order valence-electron chi connectivity index (χ4n) is 2.55. The Kier molecular flexibility index (Phi) is 3.20. The molecule has 2 heterocycles. The number of aromatic nitrogens is 1. The highest BCUT2D eigenvalue weighted by atomic mass is 35.5. The molecule has 21 heavy (non-hydrogen) atoms. The van der Waals surface area contributed by atoms with Gasteiger partial charge in [0, 0.05) is 11.4 Å². The minimum Gasteiger partial charge on any atom is -0.488 e. The van der Waals surface area contributed by atoms with Crippen LogP contribution >= 0.6 is 22.9 Å². The molecular formula is C16H13ClN2OS. The normalized spacial score (nSPS) is 16.7. The summed E-state index contributed by atoms with van der Waals surface area (Å²) in [6.07, 6.45) is 1.11. The van der Waals surface area contributed by atoms with Crippen LogP contribution in [0.3, 0.4) is 0 Å². The standard InChI is InChI=1S/C16H13ClN2OS/c17-11-5-6-15-13(8-11)19-16(21-15)18-9-12-7-10-3-1-2-4-14(10)20-12/h1-6,8,12H,7,9H2,(H,18,19). The first-order valence-corrected chi connectivity index (χ1v) is 8.02. The molecule has 1 aliphatic heterocycles. The van der Waals surface area contributed by atoms with Crippen molar-refractivity contribution in [3.05, 3.63) is 53.1 Å². The largest absolute Gasteiger partial charge is 0.488 e. The lowest BCUT2D eigenvalue weighted by molar-refractivity contribution is 0.246. The first kappa shape index (κ1) is 12.9. The molecule has 1 atom stereocenters. The predicted molar refractivity (Wildman–Crippen MR) is 87.7 cm³/mol.